The van der Waals surface area contributed by atoms with Crippen LogP contribution in [-0.2, 0) is 6.40 Å². The molecule has 0 aromatic heterocycles. The number of rotatable bonds is 1. The summed E-state index contributed by atoms with van der Waals surface area (Å²) in [5, 5.41) is 0. The molecule has 1 aromatic carbocycles. The molecule has 1 rings (SSSR count). The first-order valence-corrected chi connectivity index (χ1v) is 4.49. The van der Waals surface area contributed by atoms with Crippen molar-refractivity contribution in [3.05, 3.63) is 35.9 Å². The Morgan fingerprint density at radius 1 is 1.23 bits per heavy atom. The fourth-order valence-electron chi connectivity index (χ4n) is 0.885. The quantitative estimate of drug-likeness (QED) is 0.573. The molecule has 0 heteroatoms. The molecule has 68 valence electrons. The van der Waals surface area contributed by atoms with Gasteiger partial charge in [-0.1, -0.05) is 42.2 Å². The van der Waals surface area contributed by atoms with Crippen LogP contribution in [0.3, 0.4) is 0 Å². The summed E-state index contributed by atoms with van der Waals surface area (Å²) in [5.41, 5.74) is 0.943. The van der Waals surface area contributed by atoms with Crippen LogP contribution in [-0.4, -0.2) is 0 Å². The molecule has 0 heterocycles. The van der Waals surface area contributed by atoms with Crippen molar-refractivity contribution in [2.24, 2.45) is 5.41 Å². The molecule has 1 atom stereocenters. The van der Waals surface area contributed by atoms with E-state index in [1.165, 1.54) is 0 Å². The molecular formula is C13H16. The summed E-state index contributed by atoms with van der Waals surface area (Å²) in [5.74, 6) is 6.04. The Kier molecular flexibility index (Phi) is 2.67. The minimum atomic E-state index is -0.421. The fraction of sp³-hybridized carbons (Fsp3) is 0.385. The number of hydrogen-bond acceptors (Lipinski definition) is 0. The van der Waals surface area contributed by atoms with Crippen LogP contribution in [0, 0.1) is 17.3 Å². The minimum Gasteiger partial charge on any atom is -0.0980 e. The van der Waals surface area contributed by atoms with Crippen molar-refractivity contribution in [3.63, 3.8) is 0 Å². The fourth-order valence-corrected chi connectivity index (χ4v) is 0.885. The van der Waals surface area contributed by atoms with Gasteiger partial charge in [0.25, 0.3) is 0 Å². The molecule has 0 saturated heterocycles. The zero-order valence-electron chi connectivity index (χ0n) is 9.46. The second kappa shape index (κ2) is 4.14. The van der Waals surface area contributed by atoms with Crippen LogP contribution in [0.1, 0.15) is 27.7 Å². The second-order valence-corrected chi connectivity index (χ2v) is 4.07. The van der Waals surface area contributed by atoms with Crippen LogP contribution >= 0.6 is 0 Å². The van der Waals surface area contributed by atoms with Crippen molar-refractivity contribution in [2.45, 2.75) is 27.2 Å². The van der Waals surface area contributed by atoms with Gasteiger partial charge in [0.05, 0.1) is 0 Å². The lowest BCUT2D eigenvalue weighted by Crippen LogP contribution is -1.99. The summed E-state index contributed by atoms with van der Waals surface area (Å²) in [6.45, 7) is 6.16. The topological polar surface area (TPSA) is 0 Å². The summed E-state index contributed by atoms with van der Waals surface area (Å²) in [6.07, 6.45) is -0.421. The maximum Gasteiger partial charge on any atom is 0.0453 e. The molecular weight excluding hydrogens is 156 g/mol. The predicted molar refractivity (Wildman–Crippen MR) is 57.4 cm³/mol. The van der Waals surface area contributed by atoms with Gasteiger partial charge in [0, 0.05) is 13.2 Å². The van der Waals surface area contributed by atoms with Crippen molar-refractivity contribution in [2.75, 3.05) is 0 Å². The Hall–Kier alpha value is -1.22. The molecule has 0 spiro atoms. The highest BCUT2D eigenvalue weighted by Crippen LogP contribution is 2.10. The smallest absolute Gasteiger partial charge is 0.0453 e. The summed E-state index contributed by atoms with van der Waals surface area (Å²) in [4.78, 5) is 0. The average molecular weight is 174 g/mol. The predicted octanol–water partition coefficient (Wildman–Crippen LogP) is 3.28. The SMILES string of the molecule is [3H]C(C#CC(C)(C)C)c1ccccc1. The molecule has 0 saturated carbocycles. The lowest BCUT2D eigenvalue weighted by Gasteiger charge is -2.06. The minimum absolute atomic E-state index is 0.0198. The zero-order chi connectivity index (χ0) is 10.6. The Balaban J connectivity index is 2.76. The van der Waals surface area contributed by atoms with Crippen LogP contribution in [0.2, 0.25) is 0 Å². The lowest BCUT2D eigenvalue weighted by atomic mass is 9.97. The van der Waals surface area contributed by atoms with E-state index in [-0.39, 0.29) is 5.41 Å². The molecule has 0 nitrogen and oxygen atoms in total. The van der Waals surface area contributed by atoms with E-state index in [1.807, 2.05) is 30.3 Å². The van der Waals surface area contributed by atoms with E-state index in [1.54, 1.807) is 0 Å². The van der Waals surface area contributed by atoms with Gasteiger partial charge in [-0.15, -0.1) is 0 Å². The molecule has 13 heavy (non-hydrogen) atoms. The Bertz CT molecular complexity index is 335. The molecule has 0 amide bonds. The van der Waals surface area contributed by atoms with Crippen molar-refractivity contribution >= 4 is 0 Å². The average Bonchev–Trinajstić information content (AvgIpc) is 2.14. The first kappa shape index (κ1) is 8.38. The highest BCUT2D eigenvalue weighted by Gasteiger charge is 2.02. The third kappa shape index (κ3) is 4.38. The van der Waals surface area contributed by atoms with E-state index in [9.17, 15) is 0 Å². The van der Waals surface area contributed by atoms with Crippen LogP contribution in [0.25, 0.3) is 0 Å². The molecule has 0 N–H and O–H groups in total. The molecule has 0 aliphatic carbocycles. The lowest BCUT2D eigenvalue weighted by molar-refractivity contribution is 0.570. The van der Waals surface area contributed by atoms with Gasteiger partial charge in [-0.3, -0.25) is 0 Å². The molecule has 1 aromatic rings. The van der Waals surface area contributed by atoms with Gasteiger partial charge in [0.15, 0.2) is 0 Å². The first-order valence-electron chi connectivity index (χ1n) is 5.07. The van der Waals surface area contributed by atoms with Gasteiger partial charge >= 0.3 is 0 Å². The number of hydrogen-bond donors (Lipinski definition) is 0. The summed E-state index contributed by atoms with van der Waals surface area (Å²) in [7, 11) is 0. The summed E-state index contributed by atoms with van der Waals surface area (Å²) < 4.78 is 7.82. The third-order valence-corrected chi connectivity index (χ3v) is 1.49. The molecule has 0 bridgehead atoms. The van der Waals surface area contributed by atoms with Crippen molar-refractivity contribution in [1.29, 1.82) is 0 Å². The first-order chi connectivity index (χ1) is 6.49. The van der Waals surface area contributed by atoms with Gasteiger partial charge in [-0.25, -0.2) is 0 Å². The molecule has 0 fully saturated rings. The number of benzene rings is 1. The Morgan fingerprint density at radius 3 is 2.38 bits per heavy atom. The van der Waals surface area contributed by atoms with Crippen LogP contribution in [0.4, 0.5) is 0 Å². The Labute approximate surface area is 82.4 Å². The highest BCUT2D eigenvalue weighted by molar-refractivity contribution is 5.21. The maximum absolute atomic E-state index is 7.82. The van der Waals surface area contributed by atoms with E-state index in [0.717, 1.165) is 5.56 Å². The normalized spacial score (nSPS) is 13.9. The van der Waals surface area contributed by atoms with Gasteiger partial charge in [-0.05, 0) is 26.3 Å². The van der Waals surface area contributed by atoms with Crippen molar-refractivity contribution in [3.8, 4) is 11.8 Å². The van der Waals surface area contributed by atoms with Crippen molar-refractivity contribution in [1.82, 2.24) is 0 Å². The van der Waals surface area contributed by atoms with E-state index in [4.69, 9.17) is 1.37 Å². The van der Waals surface area contributed by atoms with Gasteiger partial charge in [0.1, 0.15) is 0 Å². The standard InChI is InChI=1S/C13H16/c1-13(2,3)11-7-10-12-8-5-4-6-9-12/h4-6,8-9H,10H2,1-3H3/i10T. The second-order valence-electron chi connectivity index (χ2n) is 4.07. The van der Waals surface area contributed by atoms with Gasteiger partial charge in [-0.2, -0.15) is 0 Å². The van der Waals surface area contributed by atoms with Crippen LogP contribution in [0.5, 0.6) is 0 Å². The van der Waals surface area contributed by atoms with E-state index in [2.05, 4.69) is 32.6 Å². The molecule has 0 aliphatic heterocycles. The van der Waals surface area contributed by atoms with Gasteiger partial charge < -0.3 is 0 Å². The van der Waals surface area contributed by atoms with Crippen molar-refractivity contribution < 1.29 is 1.37 Å². The summed E-state index contributed by atoms with van der Waals surface area (Å²) in [6, 6.07) is 9.71. The molecule has 1 unspecified atom stereocenters. The van der Waals surface area contributed by atoms with Crippen LogP contribution in [0.15, 0.2) is 30.3 Å². The molecule has 0 aliphatic rings. The maximum atomic E-state index is 7.82. The monoisotopic (exact) mass is 174 g/mol. The zero-order valence-corrected chi connectivity index (χ0v) is 8.46. The third-order valence-electron chi connectivity index (χ3n) is 1.49. The highest BCUT2D eigenvalue weighted by atomic mass is 14.1. The largest absolute Gasteiger partial charge is 0.0980 e. The van der Waals surface area contributed by atoms with Gasteiger partial charge in [0.2, 0.25) is 0 Å². The van der Waals surface area contributed by atoms with E-state index in [0.29, 0.717) is 0 Å². The molecule has 0 radical (unpaired) electrons. The summed E-state index contributed by atoms with van der Waals surface area (Å²) >= 11 is 0. The van der Waals surface area contributed by atoms with E-state index < -0.39 is 6.40 Å². The van der Waals surface area contributed by atoms with Crippen LogP contribution < -0.4 is 0 Å². The Morgan fingerprint density at radius 2 is 1.85 bits per heavy atom. The van der Waals surface area contributed by atoms with E-state index >= 15 is 0 Å².